The van der Waals surface area contributed by atoms with Crippen LogP contribution in [0.25, 0.3) is 0 Å². The topological polar surface area (TPSA) is 67.2 Å². The molecule has 0 saturated carbocycles. The van der Waals surface area contributed by atoms with Crippen LogP contribution in [0.3, 0.4) is 0 Å². The quantitative estimate of drug-likeness (QED) is 0.580. The van der Waals surface area contributed by atoms with Gasteiger partial charge in [-0.05, 0) is 6.07 Å². The van der Waals surface area contributed by atoms with Crippen LogP contribution in [0.5, 0.6) is 0 Å². The number of hydrogen-bond donors (Lipinski definition) is 2. The van der Waals surface area contributed by atoms with Crippen molar-refractivity contribution in [1.82, 2.24) is 5.32 Å². The maximum atomic E-state index is 12.9. The van der Waals surface area contributed by atoms with Gasteiger partial charge in [-0.2, -0.15) is 0 Å². The molecule has 1 aliphatic heterocycles. The van der Waals surface area contributed by atoms with Crippen LogP contribution in [0.1, 0.15) is 0 Å². The van der Waals surface area contributed by atoms with E-state index in [1.54, 1.807) is 0 Å². The number of halogens is 1. The molecule has 80 valence electrons. The monoisotopic (exact) mass is 211 g/mol. The van der Waals surface area contributed by atoms with Gasteiger partial charge in [0.2, 0.25) is 0 Å². The summed E-state index contributed by atoms with van der Waals surface area (Å²) in [4.78, 5) is 10.1. The van der Waals surface area contributed by atoms with Crippen LogP contribution >= 0.6 is 0 Å². The van der Waals surface area contributed by atoms with E-state index in [1.165, 1.54) is 6.07 Å². The van der Waals surface area contributed by atoms with Crippen molar-refractivity contribution in [3.8, 4) is 0 Å². The van der Waals surface area contributed by atoms with E-state index in [1.807, 2.05) is 0 Å². The van der Waals surface area contributed by atoms with Crippen molar-refractivity contribution < 1.29 is 9.31 Å². The third-order valence-corrected chi connectivity index (χ3v) is 2.30. The lowest BCUT2D eigenvalue weighted by Gasteiger charge is -2.28. The Morgan fingerprint density at radius 2 is 2.27 bits per heavy atom. The minimum absolute atomic E-state index is 0.0942. The van der Waals surface area contributed by atoms with Crippen LogP contribution in [-0.4, -0.2) is 24.1 Å². The predicted molar refractivity (Wildman–Crippen MR) is 53.3 cm³/mol. The molecule has 1 aromatic carbocycles. The summed E-state index contributed by atoms with van der Waals surface area (Å²) >= 11 is 0. The summed E-state index contributed by atoms with van der Waals surface area (Å²) in [6.07, 6.45) is 0. The van der Waals surface area contributed by atoms with E-state index >= 15 is 0 Å². The first-order valence-corrected chi connectivity index (χ1v) is 4.58. The highest BCUT2D eigenvalue weighted by Crippen LogP contribution is 2.25. The lowest BCUT2D eigenvalue weighted by atomic mass is 10.1. The molecule has 0 aliphatic carbocycles. The number of benzene rings is 1. The van der Waals surface area contributed by atoms with Crippen molar-refractivity contribution in [1.29, 1.82) is 0 Å². The van der Waals surface area contributed by atoms with Gasteiger partial charge >= 0.3 is 0 Å². The molecule has 2 N–H and O–H groups in total. The molecule has 1 heterocycles. The predicted octanol–water partition coefficient (Wildman–Crippen LogP) is 1.12. The van der Waals surface area contributed by atoms with E-state index in [0.717, 1.165) is 25.2 Å². The molecule has 1 aliphatic rings. The summed E-state index contributed by atoms with van der Waals surface area (Å²) < 4.78 is 12.9. The Hall–Kier alpha value is -1.69. The van der Waals surface area contributed by atoms with Gasteiger partial charge in [-0.25, -0.2) is 4.39 Å². The second-order valence-corrected chi connectivity index (χ2v) is 3.42. The molecule has 5 nitrogen and oxygen atoms in total. The lowest BCUT2D eigenvalue weighted by Crippen LogP contribution is -2.51. The largest absolute Gasteiger partial charge is 0.374 e. The van der Waals surface area contributed by atoms with E-state index in [4.69, 9.17) is 0 Å². The zero-order valence-electron chi connectivity index (χ0n) is 7.87. The second-order valence-electron chi connectivity index (χ2n) is 3.42. The SMILES string of the molecule is O=[N+]([O-])c1ccc(F)cc1NC1CNC1. The molecule has 0 unspecified atom stereocenters. The maximum absolute atomic E-state index is 12.9. The zero-order valence-corrected chi connectivity index (χ0v) is 7.87. The van der Waals surface area contributed by atoms with Crippen LogP contribution < -0.4 is 10.6 Å². The van der Waals surface area contributed by atoms with E-state index in [0.29, 0.717) is 0 Å². The summed E-state index contributed by atoms with van der Waals surface area (Å²) in [5.74, 6) is -0.476. The minimum Gasteiger partial charge on any atom is -0.374 e. The Labute approximate surface area is 85.4 Å². The Bertz CT molecular complexity index is 393. The Morgan fingerprint density at radius 1 is 1.53 bits per heavy atom. The van der Waals surface area contributed by atoms with Crippen molar-refractivity contribution in [2.45, 2.75) is 6.04 Å². The zero-order chi connectivity index (χ0) is 10.8. The number of anilines is 1. The van der Waals surface area contributed by atoms with Crippen LogP contribution in [0.15, 0.2) is 18.2 Å². The number of nitro groups is 1. The minimum atomic E-state index is -0.520. The molecule has 0 bridgehead atoms. The molecular formula is C9H10FN3O2. The third-order valence-electron chi connectivity index (χ3n) is 2.30. The summed E-state index contributed by atoms with van der Waals surface area (Å²) in [6.45, 7) is 1.49. The molecule has 2 rings (SSSR count). The van der Waals surface area contributed by atoms with Gasteiger partial charge in [-0.1, -0.05) is 0 Å². The fraction of sp³-hybridized carbons (Fsp3) is 0.333. The van der Waals surface area contributed by atoms with E-state index in [9.17, 15) is 14.5 Å². The summed E-state index contributed by atoms with van der Waals surface area (Å²) in [7, 11) is 0. The lowest BCUT2D eigenvalue weighted by molar-refractivity contribution is -0.384. The highest BCUT2D eigenvalue weighted by molar-refractivity contribution is 5.62. The van der Waals surface area contributed by atoms with E-state index in [2.05, 4.69) is 10.6 Å². The Kier molecular flexibility index (Phi) is 2.51. The fourth-order valence-corrected chi connectivity index (χ4v) is 1.39. The smallest absolute Gasteiger partial charge is 0.292 e. The number of nitro benzene ring substituents is 1. The summed E-state index contributed by atoms with van der Waals surface area (Å²) in [5.41, 5.74) is 0.148. The van der Waals surface area contributed by atoms with Crippen LogP contribution in [0.4, 0.5) is 15.8 Å². The molecule has 0 radical (unpaired) electrons. The van der Waals surface area contributed by atoms with E-state index in [-0.39, 0.29) is 17.4 Å². The van der Waals surface area contributed by atoms with Gasteiger partial charge in [0.25, 0.3) is 5.69 Å². The van der Waals surface area contributed by atoms with E-state index < -0.39 is 10.7 Å². The molecule has 15 heavy (non-hydrogen) atoms. The van der Waals surface area contributed by atoms with Gasteiger partial charge in [0.1, 0.15) is 11.5 Å². The van der Waals surface area contributed by atoms with Crippen LogP contribution in [0.2, 0.25) is 0 Å². The van der Waals surface area contributed by atoms with Crippen molar-refractivity contribution in [2.24, 2.45) is 0 Å². The van der Waals surface area contributed by atoms with Crippen molar-refractivity contribution in [2.75, 3.05) is 18.4 Å². The maximum Gasteiger partial charge on any atom is 0.292 e. The van der Waals surface area contributed by atoms with Gasteiger partial charge in [-0.15, -0.1) is 0 Å². The second kappa shape index (κ2) is 3.82. The molecular weight excluding hydrogens is 201 g/mol. The van der Waals surface area contributed by atoms with Gasteiger partial charge in [0.15, 0.2) is 0 Å². The molecule has 0 atom stereocenters. The van der Waals surface area contributed by atoms with Gasteiger partial charge < -0.3 is 10.6 Å². The Balaban J connectivity index is 2.24. The first kappa shape index (κ1) is 9.85. The molecule has 1 saturated heterocycles. The average Bonchev–Trinajstić information content (AvgIpc) is 2.11. The van der Waals surface area contributed by atoms with Gasteiger partial charge in [0, 0.05) is 25.2 Å². The molecule has 6 heteroatoms. The average molecular weight is 211 g/mol. The molecule has 1 aromatic rings. The summed E-state index contributed by atoms with van der Waals surface area (Å²) in [5, 5.41) is 16.6. The first-order chi connectivity index (χ1) is 7.16. The van der Waals surface area contributed by atoms with Crippen LogP contribution in [-0.2, 0) is 0 Å². The van der Waals surface area contributed by atoms with Gasteiger partial charge in [-0.3, -0.25) is 10.1 Å². The molecule has 0 spiro atoms. The standard InChI is InChI=1S/C9H10FN3O2/c10-6-1-2-9(13(14)15)8(3-6)12-7-4-11-5-7/h1-3,7,11-12H,4-5H2. The normalized spacial score (nSPS) is 15.8. The highest BCUT2D eigenvalue weighted by Gasteiger charge is 2.21. The highest BCUT2D eigenvalue weighted by atomic mass is 19.1. The molecule has 1 fully saturated rings. The number of hydrogen-bond acceptors (Lipinski definition) is 4. The summed E-state index contributed by atoms with van der Waals surface area (Å²) in [6, 6.07) is 3.55. The first-order valence-electron chi connectivity index (χ1n) is 4.58. The molecule has 0 aromatic heterocycles. The number of nitrogens with zero attached hydrogens (tertiary/aromatic N) is 1. The van der Waals surface area contributed by atoms with Crippen molar-refractivity contribution in [3.05, 3.63) is 34.1 Å². The Morgan fingerprint density at radius 3 is 2.80 bits per heavy atom. The van der Waals surface area contributed by atoms with Crippen LogP contribution in [0, 0.1) is 15.9 Å². The number of nitrogens with one attached hydrogen (secondary N) is 2. The van der Waals surface area contributed by atoms with Gasteiger partial charge in [0.05, 0.1) is 11.0 Å². The van der Waals surface area contributed by atoms with Crippen molar-refractivity contribution >= 4 is 11.4 Å². The fourth-order valence-electron chi connectivity index (χ4n) is 1.39. The van der Waals surface area contributed by atoms with Crippen molar-refractivity contribution in [3.63, 3.8) is 0 Å². The number of rotatable bonds is 3. The molecule has 0 amide bonds. The third kappa shape index (κ3) is 2.04.